The van der Waals surface area contributed by atoms with Gasteiger partial charge in [-0.15, -0.1) is 0 Å². The number of nitrogen functional groups attached to an aromatic ring is 1. The molecule has 6 nitrogen and oxygen atoms in total. The summed E-state index contributed by atoms with van der Waals surface area (Å²) >= 11 is 0. The average Bonchev–Trinajstić information content (AvgIpc) is 2.55. The Morgan fingerprint density at radius 3 is 2.94 bits per heavy atom. The number of aromatic nitrogens is 2. The van der Waals surface area contributed by atoms with Crippen LogP contribution in [0.3, 0.4) is 0 Å². The van der Waals surface area contributed by atoms with Gasteiger partial charge in [-0.1, -0.05) is 6.92 Å². The number of likely N-dealkylation sites (tertiary alicyclic amines) is 1. The first-order valence-electron chi connectivity index (χ1n) is 6.24. The number of hydrogen-bond acceptors (Lipinski definition) is 5. The van der Waals surface area contributed by atoms with Gasteiger partial charge in [-0.2, -0.15) is 0 Å². The quantitative estimate of drug-likeness (QED) is 0.614. The maximum Gasteiger partial charge on any atom is 0.222 e. The van der Waals surface area contributed by atoms with Crippen molar-refractivity contribution in [3.05, 3.63) is 18.1 Å². The van der Waals surface area contributed by atoms with Crippen LogP contribution in [0.1, 0.15) is 31.9 Å². The van der Waals surface area contributed by atoms with Crippen molar-refractivity contribution in [2.24, 2.45) is 11.8 Å². The van der Waals surface area contributed by atoms with E-state index in [1.54, 1.807) is 12.4 Å². The van der Waals surface area contributed by atoms with Crippen LogP contribution >= 0.6 is 0 Å². The molecule has 0 bridgehead atoms. The second-order valence-electron chi connectivity index (χ2n) is 4.79. The highest BCUT2D eigenvalue weighted by Gasteiger charge is 2.20. The van der Waals surface area contributed by atoms with Crippen LogP contribution in [0.4, 0.5) is 5.82 Å². The zero-order valence-electron chi connectivity index (χ0n) is 10.6. The fourth-order valence-electron chi connectivity index (χ4n) is 2.05. The predicted molar refractivity (Wildman–Crippen MR) is 68.3 cm³/mol. The summed E-state index contributed by atoms with van der Waals surface area (Å²) in [6, 6.07) is 0. The molecule has 1 atom stereocenters. The van der Waals surface area contributed by atoms with Crippen LogP contribution in [0, 0.1) is 5.92 Å². The number of carbonyl (C=O) groups excluding carboxylic acids is 1. The summed E-state index contributed by atoms with van der Waals surface area (Å²) in [6.45, 7) is 3.53. The number of amides is 1. The number of rotatable bonds is 3. The molecule has 0 aromatic carbocycles. The molecule has 1 fully saturated rings. The van der Waals surface area contributed by atoms with Gasteiger partial charge < -0.3 is 10.3 Å². The van der Waals surface area contributed by atoms with Gasteiger partial charge in [0.1, 0.15) is 0 Å². The lowest BCUT2D eigenvalue weighted by Crippen LogP contribution is -2.30. The molecule has 0 aliphatic carbocycles. The van der Waals surface area contributed by atoms with E-state index < -0.39 is 0 Å². The molecule has 2 heterocycles. The van der Waals surface area contributed by atoms with E-state index in [0.717, 1.165) is 25.1 Å². The van der Waals surface area contributed by atoms with Gasteiger partial charge in [-0.3, -0.25) is 9.78 Å². The molecule has 1 unspecified atom stereocenters. The largest absolute Gasteiger partial charge is 0.337 e. The standard InChI is InChI=1S/C12H19N5O/c1-9-2-3-12(18)17(5-4-9)8-10-6-15-11(16-13)7-14-10/h6-7,9H,2-5,8,13H2,1H3,(H,15,16). The molecular weight excluding hydrogens is 230 g/mol. The Bertz CT molecular complexity index is 405. The van der Waals surface area contributed by atoms with E-state index in [1.165, 1.54) is 0 Å². The van der Waals surface area contributed by atoms with Gasteiger partial charge in [-0.05, 0) is 18.8 Å². The third-order valence-electron chi connectivity index (χ3n) is 3.30. The monoisotopic (exact) mass is 249 g/mol. The van der Waals surface area contributed by atoms with Crippen molar-refractivity contribution in [2.75, 3.05) is 12.0 Å². The van der Waals surface area contributed by atoms with E-state index in [9.17, 15) is 4.79 Å². The summed E-state index contributed by atoms with van der Waals surface area (Å²) in [4.78, 5) is 22.1. The lowest BCUT2D eigenvalue weighted by atomic mass is 10.0. The zero-order valence-corrected chi connectivity index (χ0v) is 10.6. The van der Waals surface area contributed by atoms with E-state index in [4.69, 9.17) is 5.84 Å². The molecule has 18 heavy (non-hydrogen) atoms. The number of carbonyl (C=O) groups is 1. The fraction of sp³-hybridized carbons (Fsp3) is 0.583. The van der Waals surface area contributed by atoms with E-state index in [-0.39, 0.29) is 5.91 Å². The Balaban J connectivity index is 2.00. The molecule has 3 N–H and O–H groups in total. The van der Waals surface area contributed by atoms with Gasteiger partial charge in [0.15, 0.2) is 5.82 Å². The van der Waals surface area contributed by atoms with Crippen LogP contribution in [0.2, 0.25) is 0 Å². The molecule has 0 radical (unpaired) electrons. The van der Waals surface area contributed by atoms with Gasteiger partial charge in [0.05, 0.1) is 24.6 Å². The number of hydrogen-bond donors (Lipinski definition) is 2. The maximum atomic E-state index is 11.9. The highest BCUT2D eigenvalue weighted by Crippen LogP contribution is 2.18. The number of nitrogens with two attached hydrogens (primary N) is 1. The number of hydrazine groups is 1. The van der Waals surface area contributed by atoms with Crippen molar-refractivity contribution in [1.29, 1.82) is 0 Å². The van der Waals surface area contributed by atoms with Crippen LogP contribution < -0.4 is 11.3 Å². The van der Waals surface area contributed by atoms with Crippen LogP contribution in [-0.4, -0.2) is 27.3 Å². The minimum atomic E-state index is 0.210. The van der Waals surface area contributed by atoms with Gasteiger partial charge in [0.25, 0.3) is 0 Å². The van der Waals surface area contributed by atoms with Crippen molar-refractivity contribution in [3.8, 4) is 0 Å². The second kappa shape index (κ2) is 5.77. The van der Waals surface area contributed by atoms with Crippen molar-refractivity contribution >= 4 is 11.7 Å². The Morgan fingerprint density at radius 2 is 2.28 bits per heavy atom. The highest BCUT2D eigenvalue weighted by molar-refractivity contribution is 5.76. The summed E-state index contributed by atoms with van der Waals surface area (Å²) in [6.07, 6.45) is 5.90. The molecule has 1 saturated heterocycles. The lowest BCUT2D eigenvalue weighted by Gasteiger charge is -2.20. The summed E-state index contributed by atoms with van der Waals surface area (Å²) < 4.78 is 0. The molecule has 1 aliphatic heterocycles. The maximum absolute atomic E-state index is 11.9. The second-order valence-corrected chi connectivity index (χ2v) is 4.79. The van der Waals surface area contributed by atoms with Gasteiger partial charge in [0.2, 0.25) is 5.91 Å². The summed E-state index contributed by atoms with van der Waals surface area (Å²) in [5.74, 6) is 6.58. The third kappa shape index (κ3) is 3.16. The lowest BCUT2D eigenvalue weighted by molar-refractivity contribution is -0.131. The number of anilines is 1. The van der Waals surface area contributed by atoms with Gasteiger partial charge >= 0.3 is 0 Å². The van der Waals surface area contributed by atoms with Gasteiger partial charge in [-0.25, -0.2) is 10.8 Å². The molecule has 1 aromatic heterocycles. The Morgan fingerprint density at radius 1 is 1.44 bits per heavy atom. The normalized spacial score (nSPS) is 20.7. The van der Waals surface area contributed by atoms with Crippen molar-refractivity contribution < 1.29 is 4.79 Å². The molecule has 0 spiro atoms. The number of nitrogens with one attached hydrogen (secondary N) is 1. The van der Waals surface area contributed by atoms with Crippen molar-refractivity contribution in [1.82, 2.24) is 14.9 Å². The topological polar surface area (TPSA) is 84.1 Å². The van der Waals surface area contributed by atoms with Crippen LogP contribution in [0.15, 0.2) is 12.4 Å². The molecular formula is C12H19N5O. The zero-order chi connectivity index (χ0) is 13.0. The summed E-state index contributed by atoms with van der Waals surface area (Å²) in [5, 5.41) is 0. The third-order valence-corrected chi connectivity index (χ3v) is 3.30. The van der Waals surface area contributed by atoms with E-state index in [2.05, 4.69) is 22.3 Å². The van der Waals surface area contributed by atoms with Crippen LogP contribution in [-0.2, 0) is 11.3 Å². The van der Waals surface area contributed by atoms with E-state index in [1.807, 2.05) is 4.90 Å². The smallest absolute Gasteiger partial charge is 0.222 e. The molecule has 0 saturated carbocycles. The van der Waals surface area contributed by atoms with Crippen LogP contribution in [0.25, 0.3) is 0 Å². The minimum Gasteiger partial charge on any atom is -0.337 e. The summed E-state index contributed by atoms with van der Waals surface area (Å²) in [5.41, 5.74) is 3.22. The van der Waals surface area contributed by atoms with Crippen molar-refractivity contribution in [2.45, 2.75) is 32.7 Å². The van der Waals surface area contributed by atoms with Crippen molar-refractivity contribution in [3.63, 3.8) is 0 Å². The SMILES string of the molecule is CC1CCC(=O)N(Cc2cnc(NN)cn2)CC1. The molecule has 1 aliphatic rings. The molecule has 98 valence electrons. The Hall–Kier alpha value is -1.69. The van der Waals surface area contributed by atoms with E-state index >= 15 is 0 Å². The molecule has 1 amide bonds. The van der Waals surface area contributed by atoms with Crippen LogP contribution in [0.5, 0.6) is 0 Å². The fourth-order valence-corrected chi connectivity index (χ4v) is 2.05. The van der Waals surface area contributed by atoms with Gasteiger partial charge in [0, 0.05) is 13.0 Å². The first kappa shape index (κ1) is 12.8. The predicted octanol–water partition coefficient (Wildman–Crippen LogP) is 0.911. The number of nitrogens with zero attached hydrogens (tertiary/aromatic N) is 3. The molecule has 6 heteroatoms. The molecule has 1 aromatic rings. The average molecular weight is 249 g/mol. The highest BCUT2D eigenvalue weighted by atomic mass is 16.2. The first-order chi connectivity index (χ1) is 8.69. The van der Waals surface area contributed by atoms with E-state index in [0.29, 0.717) is 24.7 Å². The Kier molecular flexibility index (Phi) is 4.09. The summed E-state index contributed by atoms with van der Waals surface area (Å²) in [7, 11) is 0. The first-order valence-corrected chi connectivity index (χ1v) is 6.24. The Labute approximate surface area is 107 Å². The molecule has 2 rings (SSSR count). The minimum absolute atomic E-state index is 0.210.